The molecule has 0 saturated heterocycles. The second kappa shape index (κ2) is 7.72. The van der Waals surface area contributed by atoms with Gasteiger partial charge in [-0.3, -0.25) is 4.79 Å². The van der Waals surface area contributed by atoms with E-state index in [1.807, 2.05) is 26.0 Å². The molecule has 0 saturated carbocycles. The summed E-state index contributed by atoms with van der Waals surface area (Å²) in [4.78, 5) is 24.3. The number of aromatic nitrogens is 3. The summed E-state index contributed by atoms with van der Waals surface area (Å²) in [5, 5.41) is 1.61. The van der Waals surface area contributed by atoms with Gasteiger partial charge in [0.25, 0.3) is 0 Å². The molecule has 5 nitrogen and oxygen atoms in total. The first-order chi connectivity index (χ1) is 13.5. The number of nitrogens with two attached hydrogens (primary N) is 1. The van der Waals surface area contributed by atoms with Crippen molar-refractivity contribution in [3.8, 4) is 0 Å². The number of anilines is 1. The van der Waals surface area contributed by atoms with Crippen molar-refractivity contribution in [1.29, 1.82) is 0 Å². The topological polar surface area (TPSA) is 73.8 Å². The highest BCUT2D eigenvalue weighted by atomic mass is 32.2. The summed E-state index contributed by atoms with van der Waals surface area (Å²) in [5.74, 6) is 0.929. The Kier molecular flexibility index (Phi) is 5.29. The van der Waals surface area contributed by atoms with Gasteiger partial charge in [-0.25, -0.2) is 9.97 Å². The number of nitrogen functional groups attached to an aromatic ring is 1. The van der Waals surface area contributed by atoms with Gasteiger partial charge in [-0.1, -0.05) is 17.8 Å². The number of thioether (sulfide) groups is 1. The summed E-state index contributed by atoms with van der Waals surface area (Å²) in [7, 11) is 0. The van der Waals surface area contributed by atoms with Crippen molar-refractivity contribution in [3.05, 3.63) is 46.1 Å². The first-order valence-corrected chi connectivity index (χ1v) is 11.3. The molecule has 4 rings (SSSR count). The van der Waals surface area contributed by atoms with Gasteiger partial charge in [0.2, 0.25) is 0 Å². The molecular formula is C21H24N4OS2. The third-order valence-electron chi connectivity index (χ3n) is 5.34. The highest BCUT2D eigenvalue weighted by Gasteiger charge is 2.21. The maximum atomic E-state index is 12.8. The van der Waals surface area contributed by atoms with Crippen LogP contribution in [0.5, 0.6) is 0 Å². The summed E-state index contributed by atoms with van der Waals surface area (Å²) in [6, 6.07) is 1.95. The fourth-order valence-corrected chi connectivity index (χ4v) is 5.99. The maximum absolute atomic E-state index is 12.8. The van der Waals surface area contributed by atoms with Gasteiger partial charge >= 0.3 is 0 Å². The van der Waals surface area contributed by atoms with Crippen molar-refractivity contribution in [2.24, 2.45) is 0 Å². The molecule has 3 heterocycles. The van der Waals surface area contributed by atoms with Gasteiger partial charge in [0.1, 0.15) is 10.6 Å². The van der Waals surface area contributed by atoms with E-state index in [4.69, 9.17) is 10.7 Å². The monoisotopic (exact) mass is 412 g/mol. The zero-order valence-electron chi connectivity index (χ0n) is 16.2. The van der Waals surface area contributed by atoms with Gasteiger partial charge in [-0.2, -0.15) is 0 Å². The Bertz CT molecular complexity index is 1080. The minimum Gasteiger partial charge on any atom is -0.383 e. The van der Waals surface area contributed by atoms with E-state index in [2.05, 4.69) is 16.1 Å². The molecule has 0 aliphatic heterocycles. The van der Waals surface area contributed by atoms with Gasteiger partial charge in [-0.05, 0) is 51.2 Å². The lowest BCUT2D eigenvalue weighted by molar-refractivity contribution is 0.102. The molecule has 3 aromatic rings. The molecule has 1 aliphatic carbocycles. The number of hydrogen-bond donors (Lipinski definition) is 1. The van der Waals surface area contributed by atoms with Crippen molar-refractivity contribution >= 4 is 44.9 Å². The minimum absolute atomic E-state index is 0.0844. The van der Waals surface area contributed by atoms with Crippen molar-refractivity contribution < 1.29 is 4.79 Å². The number of aryl methyl sites for hydroxylation is 3. The zero-order valence-corrected chi connectivity index (χ0v) is 17.9. The van der Waals surface area contributed by atoms with Crippen LogP contribution in [0.15, 0.2) is 23.9 Å². The van der Waals surface area contributed by atoms with Crippen LogP contribution in [-0.2, 0) is 19.4 Å². The summed E-state index contributed by atoms with van der Waals surface area (Å²) in [6.45, 7) is 8.48. The number of fused-ring (bicyclic) bond motifs is 3. The average Bonchev–Trinajstić information content (AvgIpc) is 3.19. The highest BCUT2D eigenvalue weighted by molar-refractivity contribution is 7.99. The maximum Gasteiger partial charge on any atom is 0.191 e. The fraction of sp³-hybridized carbons (Fsp3) is 0.381. The molecule has 0 bridgehead atoms. The number of carbonyl (C=O) groups is 1. The summed E-state index contributed by atoms with van der Waals surface area (Å²) in [6.07, 6.45) is 6.45. The van der Waals surface area contributed by atoms with Crippen molar-refractivity contribution in [3.63, 3.8) is 0 Å². The summed E-state index contributed by atoms with van der Waals surface area (Å²) in [5.41, 5.74) is 10.4. The molecule has 7 heteroatoms. The Morgan fingerprint density at radius 3 is 2.93 bits per heavy atom. The van der Waals surface area contributed by atoms with E-state index in [0.29, 0.717) is 23.3 Å². The predicted molar refractivity (Wildman–Crippen MR) is 118 cm³/mol. The summed E-state index contributed by atoms with van der Waals surface area (Å²) < 4.78 is 2.10. The third kappa shape index (κ3) is 3.37. The Hall–Kier alpha value is -2.12. The second-order valence-corrected chi connectivity index (χ2v) is 9.20. The lowest BCUT2D eigenvalue weighted by Crippen LogP contribution is -2.07. The van der Waals surface area contributed by atoms with E-state index >= 15 is 0 Å². The Labute approximate surface area is 173 Å². The Morgan fingerprint density at radius 2 is 2.14 bits per heavy atom. The molecule has 0 amide bonds. The molecule has 0 atom stereocenters. The second-order valence-electron chi connectivity index (χ2n) is 7.18. The zero-order chi connectivity index (χ0) is 19.8. The molecule has 3 aromatic heterocycles. The normalized spacial score (nSPS) is 13.6. The van der Waals surface area contributed by atoms with E-state index in [-0.39, 0.29) is 5.78 Å². The molecule has 0 radical (unpaired) electrons. The lowest BCUT2D eigenvalue weighted by Gasteiger charge is -2.10. The van der Waals surface area contributed by atoms with E-state index < -0.39 is 0 Å². The molecule has 146 valence electrons. The number of allylic oxidation sites excluding steroid dienone is 1. The number of rotatable bonds is 6. The smallest absolute Gasteiger partial charge is 0.191 e. The number of ketones is 1. The molecular weight excluding hydrogens is 388 g/mol. The molecule has 0 unspecified atom stereocenters. The standard InChI is InChI=1S/C21H24N4OS2/c1-4-9-25-12(2)10-15(13(25)3)16(26)11-27-21-23-19(22)18-14-7-5-6-8-17(14)28-20(18)24-21/h4,10H,1,5-9,11H2,2-3H3,(H2,22,23,24). The van der Waals surface area contributed by atoms with E-state index in [1.165, 1.54) is 35.0 Å². The van der Waals surface area contributed by atoms with Crippen LogP contribution in [0.4, 0.5) is 5.82 Å². The summed E-state index contributed by atoms with van der Waals surface area (Å²) >= 11 is 3.09. The van der Waals surface area contributed by atoms with Gasteiger partial charge in [0.15, 0.2) is 10.9 Å². The fourth-order valence-electron chi connectivity index (χ4n) is 3.93. The quantitative estimate of drug-likeness (QED) is 0.274. The number of hydrogen-bond acceptors (Lipinski definition) is 6. The van der Waals surface area contributed by atoms with Crippen LogP contribution in [0, 0.1) is 13.8 Å². The molecule has 2 N–H and O–H groups in total. The first-order valence-electron chi connectivity index (χ1n) is 9.51. The average molecular weight is 413 g/mol. The SMILES string of the molecule is C=CCn1c(C)cc(C(=O)CSc2nc(N)c3c4c(sc3n2)CCCC4)c1C. The van der Waals surface area contributed by atoms with Crippen LogP contribution in [0.2, 0.25) is 0 Å². The van der Waals surface area contributed by atoms with E-state index in [1.54, 1.807) is 11.3 Å². The molecule has 0 aromatic carbocycles. The molecule has 0 fully saturated rings. The van der Waals surface area contributed by atoms with Gasteiger partial charge in [0.05, 0.1) is 11.1 Å². The molecule has 0 spiro atoms. The highest BCUT2D eigenvalue weighted by Crippen LogP contribution is 2.38. The van der Waals surface area contributed by atoms with Crippen LogP contribution in [0.3, 0.4) is 0 Å². The van der Waals surface area contributed by atoms with Crippen LogP contribution >= 0.6 is 23.1 Å². The number of carbonyl (C=O) groups excluding carboxylic acids is 1. The Balaban J connectivity index is 1.55. The number of nitrogens with zero attached hydrogens (tertiary/aromatic N) is 3. The largest absolute Gasteiger partial charge is 0.383 e. The lowest BCUT2D eigenvalue weighted by atomic mass is 9.97. The van der Waals surface area contributed by atoms with Crippen molar-refractivity contribution in [2.45, 2.75) is 51.2 Å². The van der Waals surface area contributed by atoms with Crippen LogP contribution in [0.25, 0.3) is 10.2 Å². The minimum atomic E-state index is 0.0844. The molecule has 1 aliphatic rings. The van der Waals surface area contributed by atoms with Crippen LogP contribution in [0.1, 0.15) is 45.0 Å². The predicted octanol–water partition coefficient (Wildman–Crippen LogP) is 4.73. The van der Waals surface area contributed by atoms with Crippen molar-refractivity contribution in [1.82, 2.24) is 14.5 Å². The van der Waals surface area contributed by atoms with Crippen LogP contribution in [-0.4, -0.2) is 26.1 Å². The van der Waals surface area contributed by atoms with Gasteiger partial charge in [0, 0.05) is 28.4 Å². The van der Waals surface area contributed by atoms with Crippen molar-refractivity contribution in [2.75, 3.05) is 11.5 Å². The van der Waals surface area contributed by atoms with E-state index in [9.17, 15) is 4.79 Å². The Morgan fingerprint density at radius 1 is 1.36 bits per heavy atom. The van der Waals surface area contributed by atoms with E-state index in [0.717, 1.165) is 40.0 Å². The van der Waals surface area contributed by atoms with Gasteiger partial charge < -0.3 is 10.3 Å². The first kappa shape index (κ1) is 19.2. The van der Waals surface area contributed by atoms with Crippen LogP contribution < -0.4 is 5.73 Å². The third-order valence-corrected chi connectivity index (χ3v) is 7.37. The number of thiophene rings is 1. The van der Waals surface area contributed by atoms with Gasteiger partial charge in [-0.15, -0.1) is 17.9 Å². The number of Topliss-reactive ketones (excluding diaryl/α,β-unsaturated/α-hetero) is 1. The molecule has 28 heavy (non-hydrogen) atoms.